The van der Waals surface area contributed by atoms with Gasteiger partial charge in [-0.3, -0.25) is 4.68 Å². The molecule has 0 spiro atoms. The van der Waals surface area contributed by atoms with E-state index in [1.165, 1.54) is 18.5 Å². The summed E-state index contributed by atoms with van der Waals surface area (Å²) in [6, 6.07) is 8.41. The third kappa shape index (κ3) is 3.61. The maximum atomic E-state index is 13.4. The van der Waals surface area contributed by atoms with Gasteiger partial charge < -0.3 is 0 Å². The smallest absolute Gasteiger partial charge is 0.157 e. The Bertz CT molecular complexity index is 1210. The predicted octanol–water partition coefficient (Wildman–Crippen LogP) is 4.63. The van der Waals surface area contributed by atoms with Crippen LogP contribution in [0.15, 0.2) is 36.7 Å². The zero-order chi connectivity index (χ0) is 21.4. The lowest BCUT2D eigenvalue weighted by Crippen LogP contribution is -2.05. The highest BCUT2D eigenvalue weighted by atomic mass is 35.5. The van der Waals surface area contributed by atoms with Gasteiger partial charge in [0.2, 0.25) is 0 Å². The molecule has 0 unspecified atom stereocenters. The number of hydrogen-bond acceptors (Lipinski definition) is 4. The molecule has 0 aliphatic rings. The van der Waals surface area contributed by atoms with E-state index in [0.29, 0.717) is 17.3 Å². The lowest BCUT2D eigenvalue weighted by atomic mass is 10.0. The highest BCUT2D eigenvalue weighted by molar-refractivity contribution is 6.31. The van der Waals surface area contributed by atoms with Gasteiger partial charge in [-0.2, -0.15) is 10.2 Å². The Balaban J connectivity index is 1.71. The fraction of sp³-hybridized carbons (Fsp3) is 0.273. The molecule has 0 radical (unpaired) electrons. The molecule has 6 nitrogen and oxygen atoms in total. The van der Waals surface area contributed by atoms with Gasteiger partial charge in [0.15, 0.2) is 5.82 Å². The molecule has 0 aliphatic carbocycles. The van der Waals surface area contributed by atoms with Crippen molar-refractivity contribution in [2.24, 2.45) is 7.05 Å². The fourth-order valence-electron chi connectivity index (χ4n) is 3.72. The van der Waals surface area contributed by atoms with E-state index < -0.39 is 0 Å². The molecule has 4 rings (SSSR count). The van der Waals surface area contributed by atoms with Crippen molar-refractivity contribution >= 4 is 11.6 Å². The van der Waals surface area contributed by atoms with Gasteiger partial charge in [-0.1, -0.05) is 18.5 Å². The zero-order valence-corrected chi connectivity index (χ0v) is 18.1. The summed E-state index contributed by atoms with van der Waals surface area (Å²) in [6.45, 7) is 5.87. The van der Waals surface area contributed by atoms with Crippen molar-refractivity contribution < 1.29 is 4.39 Å². The minimum Gasteiger partial charge on any atom is -0.267 e. The molecule has 0 aliphatic heterocycles. The molecular weight excluding hydrogens is 403 g/mol. The van der Waals surface area contributed by atoms with E-state index in [2.05, 4.69) is 22.0 Å². The summed E-state index contributed by atoms with van der Waals surface area (Å²) in [6.07, 6.45) is 2.89. The molecule has 0 N–H and O–H groups in total. The first-order chi connectivity index (χ1) is 14.4. The van der Waals surface area contributed by atoms with Crippen LogP contribution in [-0.4, -0.2) is 29.5 Å². The van der Waals surface area contributed by atoms with Crippen LogP contribution in [0.3, 0.4) is 0 Å². The molecular formula is C22H22ClFN6. The Labute approximate surface area is 179 Å². The molecule has 0 bridgehead atoms. The highest BCUT2D eigenvalue weighted by Gasteiger charge is 2.18. The van der Waals surface area contributed by atoms with E-state index in [1.807, 2.05) is 31.6 Å². The summed E-state index contributed by atoms with van der Waals surface area (Å²) in [7, 11) is 1.91. The van der Waals surface area contributed by atoms with Crippen LogP contribution in [0.4, 0.5) is 4.39 Å². The standard InChI is InChI=1S/C22H22ClFN6/c1-5-18-19(28-29(4)22(18)15-6-8-16(24)9-7-15)10-17-11-20(26-12-25-17)30-14(3)21(23)13(2)27-30/h6-9,11-12H,5,10H2,1-4H3. The first-order valence-electron chi connectivity index (χ1n) is 9.72. The number of rotatable bonds is 5. The normalized spacial score (nSPS) is 11.3. The Hall–Kier alpha value is -3.06. The van der Waals surface area contributed by atoms with E-state index in [9.17, 15) is 4.39 Å². The topological polar surface area (TPSA) is 61.4 Å². The number of nitrogens with zero attached hydrogens (tertiary/aromatic N) is 6. The summed E-state index contributed by atoms with van der Waals surface area (Å²) in [4.78, 5) is 8.79. The SMILES string of the molecule is CCc1c(Cc2cc(-n3nc(C)c(Cl)c3C)ncn2)nn(C)c1-c1ccc(F)cc1. The first-order valence-corrected chi connectivity index (χ1v) is 10.1. The average molecular weight is 425 g/mol. The maximum absolute atomic E-state index is 13.4. The van der Waals surface area contributed by atoms with Gasteiger partial charge in [-0.15, -0.1) is 0 Å². The van der Waals surface area contributed by atoms with E-state index in [1.54, 1.807) is 16.8 Å². The second kappa shape index (κ2) is 7.99. The van der Waals surface area contributed by atoms with Crippen molar-refractivity contribution in [3.8, 4) is 17.1 Å². The molecule has 0 saturated carbocycles. The van der Waals surface area contributed by atoms with Crippen molar-refractivity contribution in [3.63, 3.8) is 0 Å². The van der Waals surface area contributed by atoms with Crippen molar-refractivity contribution in [2.45, 2.75) is 33.6 Å². The van der Waals surface area contributed by atoms with Crippen LogP contribution in [0.2, 0.25) is 5.02 Å². The molecule has 1 aromatic carbocycles. The van der Waals surface area contributed by atoms with Crippen LogP contribution in [0.1, 0.15) is 35.3 Å². The summed E-state index contributed by atoms with van der Waals surface area (Å²) in [5.41, 5.74) is 6.43. The van der Waals surface area contributed by atoms with E-state index in [0.717, 1.165) is 46.0 Å². The second-order valence-electron chi connectivity index (χ2n) is 7.20. The van der Waals surface area contributed by atoms with Crippen LogP contribution in [0, 0.1) is 19.7 Å². The molecule has 3 aromatic heterocycles. The molecule has 30 heavy (non-hydrogen) atoms. The molecule has 8 heteroatoms. The molecule has 0 atom stereocenters. The van der Waals surface area contributed by atoms with E-state index in [4.69, 9.17) is 16.7 Å². The van der Waals surface area contributed by atoms with Crippen LogP contribution in [-0.2, 0) is 19.9 Å². The number of hydrogen-bond donors (Lipinski definition) is 0. The molecule has 0 fully saturated rings. The lowest BCUT2D eigenvalue weighted by Gasteiger charge is -2.07. The summed E-state index contributed by atoms with van der Waals surface area (Å²) in [5, 5.41) is 9.84. The minimum absolute atomic E-state index is 0.253. The minimum atomic E-state index is -0.253. The Kier molecular flexibility index (Phi) is 5.39. The van der Waals surface area contributed by atoms with Gasteiger partial charge in [-0.25, -0.2) is 19.0 Å². The molecule has 0 saturated heterocycles. The van der Waals surface area contributed by atoms with Crippen LogP contribution >= 0.6 is 11.6 Å². The molecule has 3 heterocycles. The zero-order valence-electron chi connectivity index (χ0n) is 17.3. The van der Waals surface area contributed by atoms with Crippen molar-refractivity contribution in [2.75, 3.05) is 0 Å². The van der Waals surface area contributed by atoms with Gasteiger partial charge in [0.1, 0.15) is 12.1 Å². The monoisotopic (exact) mass is 424 g/mol. The van der Waals surface area contributed by atoms with Crippen molar-refractivity contribution in [1.82, 2.24) is 29.5 Å². The predicted molar refractivity (Wildman–Crippen MR) is 114 cm³/mol. The Morgan fingerprint density at radius 3 is 2.43 bits per heavy atom. The third-order valence-electron chi connectivity index (χ3n) is 5.18. The largest absolute Gasteiger partial charge is 0.267 e. The van der Waals surface area contributed by atoms with Gasteiger partial charge in [0.05, 0.1) is 33.5 Å². The first kappa shape index (κ1) is 20.2. The van der Waals surface area contributed by atoms with Gasteiger partial charge in [-0.05, 0) is 44.5 Å². The average Bonchev–Trinajstić information content (AvgIpc) is 3.19. The van der Waals surface area contributed by atoms with Gasteiger partial charge in [0, 0.05) is 30.7 Å². The van der Waals surface area contributed by atoms with E-state index >= 15 is 0 Å². The van der Waals surface area contributed by atoms with Crippen molar-refractivity contribution in [3.05, 3.63) is 75.8 Å². The Morgan fingerprint density at radius 2 is 1.80 bits per heavy atom. The lowest BCUT2D eigenvalue weighted by molar-refractivity contribution is 0.628. The van der Waals surface area contributed by atoms with Gasteiger partial charge in [0.25, 0.3) is 0 Å². The summed E-state index contributed by atoms with van der Waals surface area (Å²) < 4.78 is 16.9. The van der Waals surface area contributed by atoms with Crippen LogP contribution in [0.5, 0.6) is 0 Å². The van der Waals surface area contributed by atoms with Crippen molar-refractivity contribution in [1.29, 1.82) is 0 Å². The van der Waals surface area contributed by atoms with E-state index in [-0.39, 0.29) is 5.82 Å². The highest BCUT2D eigenvalue weighted by Crippen LogP contribution is 2.28. The summed E-state index contributed by atoms with van der Waals surface area (Å²) in [5.74, 6) is 0.414. The number of halogens is 2. The number of aromatic nitrogens is 6. The molecule has 0 amide bonds. The molecule has 154 valence electrons. The summed E-state index contributed by atoms with van der Waals surface area (Å²) >= 11 is 6.28. The van der Waals surface area contributed by atoms with Gasteiger partial charge >= 0.3 is 0 Å². The quantitative estimate of drug-likeness (QED) is 0.468. The molecule has 4 aromatic rings. The second-order valence-corrected chi connectivity index (χ2v) is 7.58. The fourth-order valence-corrected chi connectivity index (χ4v) is 3.84. The third-order valence-corrected chi connectivity index (χ3v) is 5.72. The van der Waals surface area contributed by atoms with Crippen LogP contribution < -0.4 is 0 Å². The number of benzene rings is 1. The Morgan fingerprint density at radius 1 is 1.07 bits per heavy atom. The maximum Gasteiger partial charge on any atom is 0.157 e. The van der Waals surface area contributed by atoms with Crippen LogP contribution in [0.25, 0.3) is 17.1 Å². The number of aryl methyl sites for hydroxylation is 2.